The summed E-state index contributed by atoms with van der Waals surface area (Å²) in [6, 6.07) is 1.75. The summed E-state index contributed by atoms with van der Waals surface area (Å²) in [4.78, 5) is 51.5. The van der Waals surface area contributed by atoms with E-state index in [1.165, 1.54) is 13.2 Å². The average Bonchev–Trinajstić information content (AvgIpc) is 3.37. The molecule has 4 aliphatic rings. The number of cyclic esters (lactones) is 1. The maximum atomic E-state index is 14.2. The number of hydrogen-bond donors (Lipinski definition) is 1. The van der Waals surface area contributed by atoms with Crippen LogP contribution < -0.4 is 0 Å². The van der Waals surface area contributed by atoms with E-state index in [-0.39, 0.29) is 12.2 Å². The molecule has 5 rings (SSSR count). The second-order valence-corrected chi connectivity index (χ2v) is 11.9. The van der Waals surface area contributed by atoms with Gasteiger partial charge >= 0.3 is 17.9 Å². The number of Topliss-reactive ketones (excluding diaryl/α,β-unsaturated/α-hetero) is 1. The van der Waals surface area contributed by atoms with Crippen LogP contribution in [0.25, 0.3) is 0 Å². The summed E-state index contributed by atoms with van der Waals surface area (Å²) in [7, 11) is 0. The molecule has 1 aromatic heterocycles. The lowest BCUT2D eigenvalue weighted by atomic mass is 9.37. The Morgan fingerprint density at radius 2 is 1.92 bits per heavy atom. The molecule has 1 spiro atoms. The summed E-state index contributed by atoms with van der Waals surface area (Å²) in [5.74, 6) is -3.14. The first-order valence-corrected chi connectivity index (χ1v) is 12.7. The van der Waals surface area contributed by atoms with Gasteiger partial charge in [0.05, 0.1) is 24.4 Å². The van der Waals surface area contributed by atoms with Gasteiger partial charge in [0.25, 0.3) is 0 Å². The molecular weight excluding hydrogens is 480 g/mol. The second kappa shape index (κ2) is 8.03. The Balaban J connectivity index is 1.69. The van der Waals surface area contributed by atoms with Gasteiger partial charge in [0.2, 0.25) is 0 Å². The fraction of sp³-hybridized carbons (Fsp3) is 0.643. The summed E-state index contributed by atoms with van der Waals surface area (Å²) in [6.07, 6.45) is 1.21. The Labute approximate surface area is 215 Å². The van der Waals surface area contributed by atoms with Gasteiger partial charge in [-0.3, -0.25) is 14.4 Å². The molecule has 0 amide bonds. The molecule has 9 nitrogen and oxygen atoms in total. The smallest absolute Gasteiger partial charge is 0.339 e. The number of hydrogen-bond acceptors (Lipinski definition) is 8. The van der Waals surface area contributed by atoms with Crippen LogP contribution in [0.2, 0.25) is 0 Å². The fourth-order valence-corrected chi connectivity index (χ4v) is 8.56. The number of carbonyl (C=O) groups excluding carboxylic acids is 3. The zero-order valence-corrected chi connectivity index (χ0v) is 21.9. The van der Waals surface area contributed by atoms with Gasteiger partial charge in [-0.2, -0.15) is 0 Å². The number of rotatable bonds is 6. The monoisotopic (exact) mass is 514 g/mol. The van der Waals surface area contributed by atoms with Gasteiger partial charge in [-0.15, -0.1) is 0 Å². The van der Waals surface area contributed by atoms with Crippen molar-refractivity contribution in [2.24, 2.45) is 28.1 Å². The fourth-order valence-electron chi connectivity index (χ4n) is 8.56. The Kier molecular flexibility index (Phi) is 5.58. The van der Waals surface area contributed by atoms with Gasteiger partial charge in [0.1, 0.15) is 23.6 Å². The van der Waals surface area contributed by atoms with Gasteiger partial charge in [-0.1, -0.05) is 26.0 Å². The molecule has 1 aromatic rings. The van der Waals surface area contributed by atoms with Crippen LogP contribution in [0.3, 0.4) is 0 Å². The van der Waals surface area contributed by atoms with Crippen LogP contribution in [-0.4, -0.2) is 46.6 Å². The highest BCUT2D eigenvalue weighted by atomic mass is 16.7. The first-order valence-electron chi connectivity index (χ1n) is 12.7. The molecule has 0 radical (unpaired) electrons. The van der Waals surface area contributed by atoms with Gasteiger partial charge in [-0.25, -0.2) is 4.79 Å². The number of furan rings is 1. The Hall–Kier alpha value is -2.94. The van der Waals surface area contributed by atoms with E-state index >= 15 is 0 Å². The second-order valence-electron chi connectivity index (χ2n) is 11.9. The predicted molar refractivity (Wildman–Crippen MR) is 128 cm³/mol. The number of ketones is 1. The molecule has 0 bridgehead atoms. The quantitative estimate of drug-likeness (QED) is 0.339. The molecular formula is C28H34O9. The maximum Gasteiger partial charge on any atom is 0.339 e. The molecule has 2 saturated carbocycles. The van der Waals surface area contributed by atoms with E-state index in [0.717, 1.165) is 5.57 Å². The third-order valence-electron chi connectivity index (χ3n) is 10.2. The summed E-state index contributed by atoms with van der Waals surface area (Å²) >= 11 is 0. The van der Waals surface area contributed by atoms with E-state index in [4.69, 9.17) is 18.6 Å². The van der Waals surface area contributed by atoms with Crippen molar-refractivity contribution in [3.05, 3.63) is 36.3 Å². The van der Waals surface area contributed by atoms with Crippen molar-refractivity contribution >= 4 is 23.7 Å². The van der Waals surface area contributed by atoms with Gasteiger partial charge in [0.15, 0.2) is 6.10 Å². The average molecular weight is 515 g/mol. The van der Waals surface area contributed by atoms with E-state index < -0.39 is 76.3 Å². The third-order valence-corrected chi connectivity index (χ3v) is 10.2. The normalized spacial score (nSPS) is 42.9. The van der Waals surface area contributed by atoms with E-state index in [1.807, 2.05) is 27.7 Å². The van der Waals surface area contributed by atoms with Crippen molar-refractivity contribution in [2.45, 2.75) is 84.2 Å². The standard InChI is InChI=1S/C28H34O9/c1-14(2)17-11-19(30)27(6)18(26(17,5)20(12-21(31)32)35-15(3)29)7-9-25(4)22(16-8-10-34-13-16)36-24(33)23-28(25,27)37-23/h8,10,13,17-18,20,22-23H,1,7,9,11-12H2,2-6H3,(H,31,32)/t17-,18+,20-,22-,23+,25-,26-,27-,28+/m0/s1. The van der Waals surface area contributed by atoms with Gasteiger partial charge in [-0.05, 0) is 44.6 Å². The van der Waals surface area contributed by atoms with E-state index in [9.17, 15) is 24.3 Å². The number of ether oxygens (including phenoxy) is 3. The van der Waals surface area contributed by atoms with Crippen LogP contribution in [0.5, 0.6) is 0 Å². The molecule has 37 heavy (non-hydrogen) atoms. The lowest BCUT2D eigenvalue weighted by Crippen LogP contribution is -2.71. The Morgan fingerprint density at radius 3 is 2.49 bits per heavy atom. The molecule has 2 saturated heterocycles. The SMILES string of the molecule is C=C(C)[C@@H]1CC(=O)[C@]2(C)[C@H](CC[C@@]3(C)[C@H](c4ccoc4)OC(=O)[C@H]4O[C@]432)[C@@]1(C)[C@H](CC(=O)O)OC(C)=O. The highest BCUT2D eigenvalue weighted by molar-refractivity contribution is 5.93. The molecule has 2 aliphatic carbocycles. The van der Waals surface area contributed by atoms with Crippen molar-refractivity contribution in [1.29, 1.82) is 0 Å². The molecule has 0 aromatic carbocycles. The van der Waals surface area contributed by atoms with Gasteiger partial charge in [0, 0.05) is 29.7 Å². The molecule has 200 valence electrons. The number of fused-ring (bicyclic) bond motifs is 1. The number of allylic oxidation sites excluding steroid dienone is 1. The highest BCUT2D eigenvalue weighted by Gasteiger charge is 2.88. The minimum atomic E-state index is -1.16. The molecule has 9 atom stereocenters. The molecule has 4 fully saturated rings. The van der Waals surface area contributed by atoms with Crippen LogP contribution in [0.15, 0.2) is 35.2 Å². The third kappa shape index (κ3) is 3.12. The number of carboxylic acid groups (broad SMARTS) is 1. The number of epoxide rings is 1. The van der Waals surface area contributed by atoms with Crippen LogP contribution in [0.4, 0.5) is 0 Å². The number of carboxylic acids is 1. The number of esters is 2. The summed E-state index contributed by atoms with van der Waals surface area (Å²) < 4.78 is 23.2. The van der Waals surface area contributed by atoms with Crippen LogP contribution in [0.1, 0.15) is 72.0 Å². The van der Waals surface area contributed by atoms with E-state index in [2.05, 4.69) is 6.58 Å². The zero-order valence-electron chi connectivity index (χ0n) is 21.9. The lowest BCUT2D eigenvalue weighted by molar-refractivity contribution is -0.223. The van der Waals surface area contributed by atoms with Crippen molar-refractivity contribution in [2.75, 3.05) is 0 Å². The van der Waals surface area contributed by atoms with Crippen LogP contribution in [0, 0.1) is 28.1 Å². The van der Waals surface area contributed by atoms with E-state index in [0.29, 0.717) is 18.4 Å². The summed E-state index contributed by atoms with van der Waals surface area (Å²) in [6.45, 7) is 13.0. The topological polar surface area (TPSA) is 133 Å². The zero-order chi connectivity index (χ0) is 27.1. The Morgan fingerprint density at radius 1 is 1.22 bits per heavy atom. The molecule has 9 heteroatoms. The van der Waals surface area contributed by atoms with Crippen molar-refractivity contribution in [3.63, 3.8) is 0 Å². The number of carbonyl (C=O) groups is 4. The largest absolute Gasteiger partial charge is 0.481 e. The summed E-state index contributed by atoms with van der Waals surface area (Å²) in [5.41, 5.74) is -2.58. The lowest BCUT2D eigenvalue weighted by Gasteiger charge is -2.65. The maximum absolute atomic E-state index is 14.2. The Bertz CT molecular complexity index is 1170. The minimum Gasteiger partial charge on any atom is -0.481 e. The highest BCUT2D eigenvalue weighted by Crippen LogP contribution is 2.78. The van der Waals surface area contributed by atoms with Crippen LogP contribution >= 0.6 is 0 Å². The van der Waals surface area contributed by atoms with Crippen molar-refractivity contribution in [1.82, 2.24) is 0 Å². The molecule has 2 aliphatic heterocycles. The van der Waals surface area contributed by atoms with Gasteiger partial charge < -0.3 is 23.7 Å². The first-order chi connectivity index (χ1) is 17.2. The first kappa shape index (κ1) is 25.7. The molecule has 3 heterocycles. The van der Waals surface area contributed by atoms with Crippen molar-refractivity contribution < 1.29 is 42.9 Å². The number of aliphatic carboxylic acids is 1. The molecule has 1 N–H and O–H groups in total. The summed E-state index contributed by atoms with van der Waals surface area (Å²) in [5, 5.41) is 9.77. The minimum absolute atomic E-state index is 0.0612. The predicted octanol–water partition coefficient (Wildman–Crippen LogP) is 4.02. The van der Waals surface area contributed by atoms with Crippen LogP contribution in [-0.2, 0) is 33.4 Å². The van der Waals surface area contributed by atoms with E-state index in [1.54, 1.807) is 12.3 Å². The van der Waals surface area contributed by atoms with Crippen molar-refractivity contribution in [3.8, 4) is 0 Å². The molecule has 0 unspecified atom stereocenters.